The average molecular weight is 276 g/mol. The Kier molecular flexibility index (Phi) is 2.44. The summed E-state index contributed by atoms with van der Waals surface area (Å²) >= 11 is 0. The minimum absolute atomic E-state index is 0.774. The number of aromatic nitrogens is 1. The van der Waals surface area contributed by atoms with E-state index in [1.807, 2.05) is 36.5 Å². The predicted molar refractivity (Wildman–Crippen MR) is 89.9 cm³/mol. The number of benzene rings is 2. The van der Waals surface area contributed by atoms with Gasteiger partial charge in [-0.05, 0) is 35.9 Å². The number of nitrogen functional groups attached to an aromatic ring is 2. The Morgan fingerprint density at radius 1 is 1.10 bits per heavy atom. The van der Waals surface area contributed by atoms with E-state index < -0.39 is 0 Å². The molecule has 2 heterocycles. The van der Waals surface area contributed by atoms with E-state index in [1.165, 1.54) is 11.1 Å². The second kappa shape index (κ2) is 4.31. The number of fused-ring (bicyclic) bond motifs is 2. The smallest absolute Gasteiger partial charge is 0.0653 e. The van der Waals surface area contributed by atoms with Gasteiger partial charge in [0.1, 0.15) is 0 Å². The van der Waals surface area contributed by atoms with Crippen LogP contribution in [0.3, 0.4) is 0 Å². The van der Waals surface area contributed by atoms with Gasteiger partial charge in [0.2, 0.25) is 0 Å². The second-order valence-corrected chi connectivity index (χ2v) is 5.34. The van der Waals surface area contributed by atoms with Gasteiger partial charge < -0.3 is 21.8 Å². The number of nitrogens with one attached hydrogen (secondary N) is 2. The fraction of sp³-hybridized carbons (Fsp3) is 0.0588. The van der Waals surface area contributed by atoms with Gasteiger partial charge in [0.15, 0.2) is 0 Å². The first-order valence-electron chi connectivity index (χ1n) is 6.92. The van der Waals surface area contributed by atoms with Crippen molar-refractivity contribution < 1.29 is 0 Å². The zero-order valence-electron chi connectivity index (χ0n) is 11.5. The van der Waals surface area contributed by atoms with Gasteiger partial charge in [-0.3, -0.25) is 0 Å². The van der Waals surface area contributed by atoms with Crippen molar-refractivity contribution in [2.24, 2.45) is 0 Å². The first-order chi connectivity index (χ1) is 10.2. The van der Waals surface area contributed by atoms with Gasteiger partial charge in [-0.2, -0.15) is 0 Å². The summed E-state index contributed by atoms with van der Waals surface area (Å²) in [5, 5.41) is 4.50. The number of anilines is 3. The first kappa shape index (κ1) is 11.9. The van der Waals surface area contributed by atoms with Crippen molar-refractivity contribution in [2.45, 2.75) is 0 Å². The van der Waals surface area contributed by atoms with Crippen molar-refractivity contribution in [1.29, 1.82) is 0 Å². The summed E-state index contributed by atoms with van der Waals surface area (Å²) in [4.78, 5) is 3.28. The Bertz CT molecular complexity index is 874. The summed E-state index contributed by atoms with van der Waals surface area (Å²) in [6, 6.07) is 11.9. The number of hydrogen-bond acceptors (Lipinski definition) is 3. The molecule has 0 amide bonds. The lowest BCUT2D eigenvalue weighted by Gasteiger charge is -2.02. The highest BCUT2D eigenvalue weighted by Crippen LogP contribution is 2.36. The lowest BCUT2D eigenvalue weighted by Crippen LogP contribution is -1.95. The van der Waals surface area contributed by atoms with Crippen LogP contribution in [0.2, 0.25) is 0 Å². The van der Waals surface area contributed by atoms with Gasteiger partial charge in [-0.15, -0.1) is 0 Å². The molecule has 4 rings (SSSR count). The van der Waals surface area contributed by atoms with Crippen molar-refractivity contribution in [3.63, 3.8) is 0 Å². The lowest BCUT2D eigenvalue weighted by atomic mass is 10.0. The molecule has 0 atom stereocenters. The average Bonchev–Trinajstić information content (AvgIpc) is 3.06. The van der Waals surface area contributed by atoms with Crippen LogP contribution < -0.4 is 16.8 Å². The molecule has 0 spiro atoms. The highest BCUT2D eigenvalue weighted by atomic mass is 14.9. The third-order valence-electron chi connectivity index (χ3n) is 3.97. The molecule has 0 radical (unpaired) electrons. The number of hydrogen-bond donors (Lipinski definition) is 4. The third kappa shape index (κ3) is 1.84. The Morgan fingerprint density at radius 3 is 2.90 bits per heavy atom. The van der Waals surface area contributed by atoms with Gasteiger partial charge >= 0.3 is 0 Å². The summed E-state index contributed by atoms with van der Waals surface area (Å²) in [6.45, 7) is 0.790. The van der Waals surface area contributed by atoms with Crippen LogP contribution in [0.5, 0.6) is 0 Å². The van der Waals surface area contributed by atoms with Gasteiger partial charge in [0.25, 0.3) is 0 Å². The summed E-state index contributed by atoms with van der Waals surface area (Å²) in [7, 11) is 0. The standard InChI is InChI=1S/C17H16N4/c18-12-4-5-16-14(7-12)11(8-20-16)6-10-9-21-17-13(10)2-1-3-15(17)19/h1-8,20-21H,9,18-19H2. The molecule has 0 bridgehead atoms. The fourth-order valence-corrected chi connectivity index (χ4v) is 2.91. The number of H-pyrrole nitrogens is 1. The topological polar surface area (TPSA) is 79.9 Å². The zero-order valence-corrected chi connectivity index (χ0v) is 11.5. The van der Waals surface area contributed by atoms with Gasteiger partial charge in [0.05, 0.1) is 11.4 Å². The Balaban J connectivity index is 1.86. The van der Waals surface area contributed by atoms with Gasteiger partial charge in [-0.25, -0.2) is 0 Å². The van der Waals surface area contributed by atoms with Crippen LogP contribution in [-0.4, -0.2) is 11.5 Å². The highest BCUT2D eigenvalue weighted by Gasteiger charge is 2.17. The quantitative estimate of drug-likeness (QED) is 0.515. The Morgan fingerprint density at radius 2 is 2.00 bits per heavy atom. The highest BCUT2D eigenvalue weighted by molar-refractivity contribution is 6.01. The molecule has 4 nitrogen and oxygen atoms in total. The Hall–Kier alpha value is -2.88. The molecular formula is C17H16N4. The fourth-order valence-electron chi connectivity index (χ4n) is 2.91. The van der Waals surface area contributed by atoms with Crippen LogP contribution in [-0.2, 0) is 0 Å². The molecule has 0 unspecified atom stereocenters. The molecule has 0 fully saturated rings. The monoisotopic (exact) mass is 276 g/mol. The molecule has 21 heavy (non-hydrogen) atoms. The maximum atomic E-state index is 6.01. The van der Waals surface area contributed by atoms with Crippen molar-refractivity contribution in [1.82, 2.24) is 4.98 Å². The molecule has 1 aliphatic heterocycles. The third-order valence-corrected chi connectivity index (χ3v) is 3.97. The molecule has 0 saturated carbocycles. The van der Waals surface area contributed by atoms with Crippen LogP contribution >= 0.6 is 0 Å². The minimum Gasteiger partial charge on any atom is -0.399 e. The molecule has 2 aromatic carbocycles. The molecule has 1 aromatic heterocycles. The minimum atomic E-state index is 0.774. The number of aromatic amines is 1. The van der Waals surface area contributed by atoms with E-state index in [4.69, 9.17) is 11.5 Å². The largest absolute Gasteiger partial charge is 0.399 e. The van der Waals surface area contributed by atoms with E-state index in [0.717, 1.165) is 40.1 Å². The van der Waals surface area contributed by atoms with Crippen LogP contribution in [0.25, 0.3) is 22.6 Å². The molecule has 6 N–H and O–H groups in total. The number of nitrogens with two attached hydrogens (primary N) is 2. The van der Waals surface area contributed by atoms with Crippen molar-refractivity contribution >= 4 is 39.6 Å². The molecule has 0 aliphatic carbocycles. The number of rotatable bonds is 1. The van der Waals surface area contributed by atoms with Crippen LogP contribution in [0.15, 0.2) is 42.6 Å². The SMILES string of the molecule is Nc1ccc2[nH]cc(C=C3CNc4c(N)cccc43)c2c1. The van der Waals surface area contributed by atoms with E-state index in [9.17, 15) is 0 Å². The van der Waals surface area contributed by atoms with Gasteiger partial charge in [0, 0.05) is 40.5 Å². The predicted octanol–water partition coefficient (Wildman–Crippen LogP) is 3.30. The van der Waals surface area contributed by atoms with Crippen molar-refractivity contribution in [2.75, 3.05) is 23.3 Å². The molecule has 4 heteroatoms. The lowest BCUT2D eigenvalue weighted by molar-refractivity contribution is 1.45. The van der Waals surface area contributed by atoms with Crippen LogP contribution in [0.4, 0.5) is 17.1 Å². The van der Waals surface area contributed by atoms with E-state index in [1.54, 1.807) is 0 Å². The van der Waals surface area contributed by atoms with Crippen LogP contribution in [0, 0.1) is 0 Å². The number of para-hydroxylation sites is 1. The summed E-state index contributed by atoms with van der Waals surface area (Å²) in [5.74, 6) is 0. The van der Waals surface area contributed by atoms with Crippen LogP contribution in [0.1, 0.15) is 11.1 Å². The van der Waals surface area contributed by atoms with Gasteiger partial charge in [-0.1, -0.05) is 12.1 Å². The van der Waals surface area contributed by atoms with E-state index in [0.29, 0.717) is 0 Å². The summed E-state index contributed by atoms with van der Waals surface area (Å²) in [6.07, 6.45) is 4.21. The van der Waals surface area contributed by atoms with E-state index in [-0.39, 0.29) is 0 Å². The molecule has 3 aromatic rings. The maximum Gasteiger partial charge on any atom is 0.0653 e. The summed E-state index contributed by atoms with van der Waals surface area (Å²) < 4.78 is 0. The molecule has 104 valence electrons. The second-order valence-electron chi connectivity index (χ2n) is 5.34. The Labute approximate surface area is 122 Å². The molecule has 0 saturated heterocycles. The van der Waals surface area contributed by atoms with Crippen molar-refractivity contribution in [3.8, 4) is 0 Å². The molecule has 1 aliphatic rings. The normalized spacial score (nSPS) is 15.3. The zero-order chi connectivity index (χ0) is 14.4. The van der Waals surface area contributed by atoms with E-state index in [2.05, 4.69) is 22.4 Å². The van der Waals surface area contributed by atoms with E-state index >= 15 is 0 Å². The maximum absolute atomic E-state index is 6.01. The van der Waals surface area contributed by atoms with Crippen molar-refractivity contribution in [3.05, 3.63) is 53.7 Å². The molecular weight excluding hydrogens is 260 g/mol. The first-order valence-corrected chi connectivity index (χ1v) is 6.92. The summed E-state index contributed by atoms with van der Waals surface area (Å²) in [5.41, 5.74) is 19.1.